The molecule has 0 saturated heterocycles. The zero-order valence-corrected chi connectivity index (χ0v) is 22.0. The maximum absolute atomic E-state index is 14.3. The second-order valence-electron chi connectivity index (χ2n) is 9.88. The summed E-state index contributed by atoms with van der Waals surface area (Å²) in [5.74, 6) is 0.282. The highest BCUT2D eigenvalue weighted by Gasteiger charge is 2.40. The first-order valence-corrected chi connectivity index (χ1v) is 12.6. The number of methoxy groups -OCH3 is 1. The van der Waals surface area contributed by atoms with Crippen molar-refractivity contribution in [3.63, 3.8) is 0 Å². The number of aromatic nitrogens is 5. The third-order valence-electron chi connectivity index (χ3n) is 7.21. The molecule has 0 spiro atoms. The molecule has 0 radical (unpaired) electrons. The van der Waals surface area contributed by atoms with Crippen molar-refractivity contribution < 1.29 is 22.7 Å². The molecule has 1 amide bonds. The van der Waals surface area contributed by atoms with E-state index in [-0.39, 0.29) is 11.5 Å². The zero-order chi connectivity index (χ0) is 28.2. The van der Waals surface area contributed by atoms with Crippen LogP contribution >= 0.6 is 0 Å². The third-order valence-corrected chi connectivity index (χ3v) is 7.21. The van der Waals surface area contributed by atoms with Gasteiger partial charge >= 0.3 is 6.18 Å². The Hall–Kier alpha value is -4.67. The van der Waals surface area contributed by atoms with E-state index in [0.29, 0.717) is 46.6 Å². The lowest BCUT2D eigenvalue weighted by atomic mass is 9.86. The van der Waals surface area contributed by atoms with Crippen molar-refractivity contribution in [2.45, 2.75) is 32.1 Å². The number of alkyl halides is 3. The molecule has 40 heavy (non-hydrogen) atoms. The number of fused-ring (bicyclic) bond motifs is 2. The van der Waals surface area contributed by atoms with Crippen molar-refractivity contribution in [2.24, 2.45) is 7.05 Å². The molecule has 0 bridgehead atoms. The first-order valence-electron chi connectivity index (χ1n) is 12.6. The molecule has 2 aromatic carbocycles. The Balaban J connectivity index is 1.56. The molecule has 1 unspecified atom stereocenters. The monoisotopic (exact) mass is 546 g/mol. The van der Waals surface area contributed by atoms with E-state index in [4.69, 9.17) is 4.74 Å². The molecule has 4 heterocycles. The molecule has 1 aliphatic rings. The zero-order valence-electron chi connectivity index (χ0n) is 22.0. The molecule has 1 atom stereocenters. The Morgan fingerprint density at radius 1 is 1.10 bits per heavy atom. The summed E-state index contributed by atoms with van der Waals surface area (Å²) >= 11 is 0. The largest absolute Gasteiger partial charge is 0.494 e. The summed E-state index contributed by atoms with van der Waals surface area (Å²) < 4.78 is 50.4. The van der Waals surface area contributed by atoms with Crippen LogP contribution in [0.3, 0.4) is 0 Å². The summed E-state index contributed by atoms with van der Waals surface area (Å²) in [4.78, 5) is 24.7. The molecule has 1 aliphatic heterocycles. The van der Waals surface area contributed by atoms with Gasteiger partial charge in [-0.05, 0) is 54.3 Å². The molecule has 204 valence electrons. The summed E-state index contributed by atoms with van der Waals surface area (Å²) in [6.07, 6.45) is 3.76. The Kier molecular flexibility index (Phi) is 6.09. The van der Waals surface area contributed by atoms with Gasteiger partial charge in [-0.15, -0.1) is 0 Å². The van der Waals surface area contributed by atoms with Crippen LogP contribution in [-0.2, 0) is 26.2 Å². The maximum atomic E-state index is 14.3. The first-order chi connectivity index (χ1) is 19.2. The fourth-order valence-corrected chi connectivity index (χ4v) is 5.58. The first kappa shape index (κ1) is 25.6. The van der Waals surface area contributed by atoms with Gasteiger partial charge in [0.2, 0.25) is 0 Å². The van der Waals surface area contributed by atoms with Gasteiger partial charge in [0.25, 0.3) is 5.91 Å². The van der Waals surface area contributed by atoms with E-state index in [9.17, 15) is 18.0 Å². The summed E-state index contributed by atoms with van der Waals surface area (Å²) in [7, 11) is 3.02. The van der Waals surface area contributed by atoms with Crippen LogP contribution in [-0.4, -0.2) is 43.4 Å². The number of hydrogen-bond acceptors (Lipinski definition) is 5. The van der Waals surface area contributed by atoms with Gasteiger partial charge in [0.15, 0.2) is 5.69 Å². The van der Waals surface area contributed by atoms with Crippen LogP contribution in [0.5, 0.6) is 5.75 Å². The van der Waals surface area contributed by atoms with Crippen molar-refractivity contribution in [3.05, 3.63) is 89.9 Å². The number of ether oxygens (including phenoxy) is 1. The number of carbonyl (C=O) groups is 1. The minimum Gasteiger partial charge on any atom is -0.494 e. The van der Waals surface area contributed by atoms with E-state index in [1.54, 1.807) is 61.2 Å². The summed E-state index contributed by atoms with van der Waals surface area (Å²) in [5, 5.41) is 4.44. The molecular weight excluding hydrogens is 521 g/mol. The summed E-state index contributed by atoms with van der Waals surface area (Å²) in [6.45, 7) is 2.32. The van der Waals surface area contributed by atoms with E-state index in [1.165, 1.54) is 13.2 Å². The number of halogens is 3. The highest BCUT2D eigenvalue weighted by molar-refractivity contribution is 6.13. The van der Waals surface area contributed by atoms with Gasteiger partial charge in [0, 0.05) is 54.9 Å². The number of imidazole rings is 1. The standard InChI is InChI=1S/C29H25F3N6O2/c1-17-11-22-24(7-8-34-26(22)25(12-17)40-3)38-18(14-37-10-9-33-16-37)13-21-19(5-4-6-20(21)28(38)39)23-15-36(2)35-27(23)29(30,31)32/h4-12,15-16,18H,13-14H2,1-3H3. The lowest BCUT2D eigenvalue weighted by molar-refractivity contribution is -0.140. The number of amides is 1. The highest BCUT2D eigenvalue weighted by atomic mass is 19.4. The third kappa shape index (κ3) is 4.27. The fourth-order valence-electron chi connectivity index (χ4n) is 5.58. The van der Waals surface area contributed by atoms with Crippen molar-refractivity contribution in [2.75, 3.05) is 12.0 Å². The molecule has 0 fully saturated rings. The van der Waals surface area contributed by atoms with E-state index < -0.39 is 17.9 Å². The van der Waals surface area contributed by atoms with Gasteiger partial charge in [-0.3, -0.25) is 14.5 Å². The summed E-state index contributed by atoms with van der Waals surface area (Å²) in [5.41, 5.74) is 2.42. The Morgan fingerprint density at radius 2 is 1.90 bits per heavy atom. The van der Waals surface area contributed by atoms with E-state index >= 15 is 0 Å². The molecule has 6 rings (SSSR count). The lowest BCUT2D eigenvalue weighted by Gasteiger charge is -2.38. The quantitative estimate of drug-likeness (QED) is 0.294. The highest BCUT2D eigenvalue weighted by Crippen LogP contribution is 2.42. The lowest BCUT2D eigenvalue weighted by Crippen LogP contribution is -2.48. The summed E-state index contributed by atoms with van der Waals surface area (Å²) in [6, 6.07) is 10.1. The molecule has 0 N–H and O–H groups in total. The van der Waals surface area contributed by atoms with Crippen LogP contribution in [0.25, 0.3) is 22.0 Å². The Labute approximate surface area is 227 Å². The van der Waals surface area contributed by atoms with E-state index in [2.05, 4.69) is 15.1 Å². The number of benzene rings is 2. The fraction of sp³-hybridized carbons (Fsp3) is 0.241. The average molecular weight is 547 g/mol. The topological polar surface area (TPSA) is 78.1 Å². The van der Waals surface area contributed by atoms with Crippen LogP contribution in [0.4, 0.5) is 18.9 Å². The van der Waals surface area contributed by atoms with Crippen LogP contribution in [0.1, 0.15) is 27.2 Å². The number of pyridine rings is 1. The minimum atomic E-state index is -4.65. The van der Waals surface area contributed by atoms with Crippen molar-refractivity contribution in [1.82, 2.24) is 24.3 Å². The van der Waals surface area contributed by atoms with Gasteiger partial charge in [0.05, 0.1) is 25.2 Å². The number of nitrogens with zero attached hydrogens (tertiary/aromatic N) is 6. The minimum absolute atomic E-state index is 0.0517. The Morgan fingerprint density at radius 3 is 2.62 bits per heavy atom. The van der Waals surface area contributed by atoms with Crippen molar-refractivity contribution in [1.29, 1.82) is 0 Å². The normalized spacial score (nSPS) is 15.5. The number of anilines is 1. The molecular formula is C29H25F3N6O2. The second-order valence-corrected chi connectivity index (χ2v) is 9.88. The van der Waals surface area contributed by atoms with Gasteiger partial charge < -0.3 is 14.2 Å². The van der Waals surface area contributed by atoms with Gasteiger partial charge in [0.1, 0.15) is 11.3 Å². The van der Waals surface area contributed by atoms with E-state index in [0.717, 1.165) is 15.6 Å². The maximum Gasteiger partial charge on any atom is 0.435 e. The molecule has 8 nitrogen and oxygen atoms in total. The Bertz CT molecular complexity index is 1740. The van der Waals surface area contributed by atoms with Crippen molar-refractivity contribution >= 4 is 22.5 Å². The molecule has 3 aromatic heterocycles. The smallest absolute Gasteiger partial charge is 0.435 e. The SMILES string of the molecule is COc1cc(C)cc2c(N3C(=O)c4cccc(-c5cn(C)nc5C(F)(F)F)c4CC3Cn3ccnc3)ccnc12. The van der Waals surface area contributed by atoms with Crippen molar-refractivity contribution in [3.8, 4) is 16.9 Å². The number of hydrogen-bond donors (Lipinski definition) is 0. The average Bonchev–Trinajstić information content (AvgIpc) is 3.57. The van der Waals surface area contributed by atoms with Gasteiger partial charge in [-0.25, -0.2) is 4.98 Å². The van der Waals surface area contributed by atoms with Crippen LogP contribution in [0, 0.1) is 6.92 Å². The number of aryl methyl sites for hydroxylation is 2. The van der Waals surface area contributed by atoms with Crippen LogP contribution in [0.2, 0.25) is 0 Å². The number of carbonyl (C=O) groups excluding carboxylic acids is 1. The number of rotatable bonds is 5. The van der Waals surface area contributed by atoms with Gasteiger partial charge in [-0.1, -0.05) is 12.1 Å². The predicted molar refractivity (Wildman–Crippen MR) is 143 cm³/mol. The van der Waals surface area contributed by atoms with E-state index in [1.807, 2.05) is 23.6 Å². The second kappa shape index (κ2) is 9.51. The molecule has 0 saturated carbocycles. The van der Waals surface area contributed by atoms with Crippen LogP contribution in [0.15, 0.2) is 67.5 Å². The molecule has 5 aromatic rings. The predicted octanol–water partition coefficient (Wildman–Crippen LogP) is 5.44. The van der Waals surface area contributed by atoms with Crippen LogP contribution < -0.4 is 9.64 Å². The van der Waals surface area contributed by atoms with Gasteiger partial charge in [-0.2, -0.15) is 18.3 Å². The molecule has 11 heteroatoms. The molecule has 0 aliphatic carbocycles.